The van der Waals surface area contributed by atoms with E-state index in [4.69, 9.17) is 0 Å². The van der Waals surface area contributed by atoms with Gasteiger partial charge in [-0.1, -0.05) is 30.3 Å². The highest BCUT2D eigenvalue weighted by Crippen LogP contribution is 2.20. The monoisotopic (exact) mass is 465 g/mol. The summed E-state index contributed by atoms with van der Waals surface area (Å²) in [6.45, 7) is 2.64. The Morgan fingerprint density at radius 1 is 1.33 bits per heavy atom. The molecule has 0 radical (unpaired) electrons. The summed E-state index contributed by atoms with van der Waals surface area (Å²) in [5, 5.41) is 3.28. The Bertz CT molecular complexity index is 620. The molecule has 7 heteroatoms. The van der Waals surface area contributed by atoms with E-state index in [9.17, 15) is 8.42 Å². The molecule has 2 rings (SSSR count). The van der Waals surface area contributed by atoms with Crippen LogP contribution in [-0.4, -0.2) is 58.0 Å². The quantitative estimate of drug-likeness (QED) is 0.303. The van der Waals surface area contributed by atoms with Crippen molar-refractivity contribution in [3.63, 3.8) is 0 Å². The van der Waals surface area contributed by atoms with E-state index in [1.807, 2.05) is 6.07 Å². The van der Waals surface area contributed by atoms with E-state index >= 15 is 0 Å². The van der Waals surface area contributed by atoms with Crippen molar-refractivity contribution in [3.8, 4) is 0 Å². The van der Waals surface area contributed by atoms with Gasteiger partial charge in [0, 0.05) is 32.9 Å². The fraction of sp³-hybridized carbons (Fsp3) is 0.588. The molecule has 1 N–H and O–H groups in total. The van der Waals surface area contributed by atoms with Crippen LogP contribution in [0.5, 0.6) is 0 Å². The molecule has 0 spiro atoms. The second kappa shape index (κ2) is 10.2. The predicted molar refractivity (Wildman–Crippen MR) is 111 cm³/mol. The molecule has 1 aliphatic rings. The lowest BCUT2D eigenvalue weighted by Crippen LogP contribution is -2.40. The zero-order valence-corrected chi connectivity index (χ0v) is 17.6. The summed E-state index contributed by atoms with van der Waals surface area (Å²) in [4.78, 5) is 6.60. The number of hydrogen-bond donors (Lipinski definition) is 1. The summed E-state index contributed by atoms with van der Waals surface area (Å²) in [5.41, 5.74) is 1.38. The molecule has 5 nitrogen and oxygen atoms in total. The molecule has 1 unspecified atom stereocenters. The van der Waals surface area contributed by atoms with E-state index in [1.54, 1.807) is 7.05 Å². The maximum absolute atomic E-state index is 11.1. The van der Waals surface area contributed by atoms with Gasteiger partial charge in [0.1, 0.15) is 9.84 Å². The van der Waals surface area contributed by atoms with Crippen LogP contribution in [0.15, 0.2) is 35.3 Å². The number of sulfone groups is 1. The van der Waals surface area contributed by atoms with E-state index < -0.39 is 9.84 Å². The number of aliphatic imine (C=N–C) groups is 1. The third-order valence-electron chi connectivity index (χ3n) is 4.14. The van der Waals surface area contributed by atoms with Gasteiger partial charge in [-0.25, -0.2) is 8.42 Å². The summed E-state index contributed by atoms with van der Waals surface area (Å²) >= 11 is 0. The number of nitrogens with one attached hydrogen (secondary N) is 1. The summed E-state index contributed by atoms with van der Waals surface area (Å²) in [5.74, 6) is 1.74. The van der Waals surface area contributed by atoms with E-state index in [0.29, 0.717) is 18.9 Å². The number of benzene rings is 1. The molecule has 1 aromatic rings. The first kappa shape index (κ1) is 21.2. The first-order chi connectivity index (χ1) is 11.0. The number of nitrogens with zero attached hydrogens (tertiary/aromatic N) is 2. The molecular weight excluding hydrogens is 437 g/mol. The molecule has 1 aromatic carbocycles. The van der Waals surface area contributed by atoms with Crippen LogP contribution in [0.3, 0.4) is 0 Å². The molecule has 24 heavy (non-hydrogen) atoms. The summed E-state index contributed by atoms with van der Waals surface area (Å²) < 4.78 is 22.3. The number of halogens is 1. The maximum Gasteiger partial charge on any atom is 0.193 e. The summed E-state index contributed by atoms with van der Waals surface area (Å²) in [7, 11) is -1.10. The van der Waals surface area contributed by atoms with Crippen LogP contribution in [0.2, 0.25) is 0 Å². The lowest BCUT2D eigenvalue weighted by molar-refractivity contribution is 0.460. The Morgan fingerprint density at radius 2 is 2.04 bits per heavy atom. The van der Waals surface area contributed by atoms with Crippen LogP contribution in [-0.2, 0) is 16.3 Å². The zero-order valence-electron chi connectivity index (χ0n) is 14.4. The Kier molecular flexibility index (Phi) is 9.04. The largest absolute Gasteiger partial charge is 0.356 e. The standard InChI is InChI=1S/C17H27N3O2S.HI/c1-18-17(19-10-6-12-23(2,21)22)20-11-9-16(14-20)13-15-7-4-3-5-8-15;/h3-5,7-8,16H,6,9-14H2,1-2H3,(H,18,19);1H. The van der Waals surface area contributed by atoms with Crippen molar-refractivity contribution in [3.05, 3.63) is 35.9 Å². The first-order valence-electron chi connectivity index (χ1n) is 8.15. The van der Waals surface area contributed by atoms with Gasteiger partial charge in [-0.15, -0.1) is 24.0 Å². The average molecular weight is 465 g/mol. The molecule has 0 aliphatic carbocycles. The lowest BCUT2D eigenvalue weighted by Gasteiger charge is -2.21. The van der Waals surface area contributed by atoms with Gasteiger partial charge in [0.25, 0.3) is 0 Å². The lowest BCUT2D eigenvalue weighted by atomic mass is 9.99. The van der Waals surface area contributed by atoms with Crippen molar-refractivity contribution < 1.29 is 8.42 Å². The van der Waals surface area contributed by atoms with Gasteiger partial charge in [-0.2, -0.15) is 0 Å². The number of guanidine groups is 1. The van der Waals surface area contributed by atoms with Crippen molar-refractivity contribution in [2.75, 3.05) is 38.7 Å². The molecule has 1 saturated heterocycles. The Morgan fingerprint density at radius 3 is 2.67 bits per heavy atom. The normalized spacial score (nSPS) is 18.3. The van der Waals surface area contributed by atoms with Crippen LogP contribution in [0.25, 0.3) is 0 Å². The Hall–Kier alpha value is -0.830. The van der Waals surface area contributed by atoms with Crippen LogP contribution < -0.4 is 5.32 Å². The molecule has 0 aromatic heterocycles. The second-order valence-electron chi connectivity index (χ2n) is 6.25. The minimum atomic E-state index is -2.88. The van der Waals surface area contributed by atoms with E-state index in [1.165, 1.54) is 18.2 Å². The van der Waals surface area contributed by atoms with E-state index in [-0.39, 0.29) is 29.7 Å². The van der Waals surface area contributed by atoms with Gasteiger partial charge >= 0.3 is 0 Å². The maximum atomic E-state index is 11.1. The number of hydrogen-bond acceptors (Lipinski definition) is 3. The molecule has 1 fully saturated rings. The predicted octanol–water partition coefficient (Wildman–Crippen LogP) is 2.18. The van der Waals surface area contributed by atoms with Crippen LogP contribution in [0.4, 0.5) is 0 Å². The third-order valence-corrected chi connectivity index (χ3v) is 5.17. The van der Waals surface area contributed by atoms with Crippen LogP contribution >= 0.6 is 24.0 Å². The molecule has 136 valence electrons. The highest BCUT2D eigenvalue weighted by atomic mass is 127. The summed E-state index contributed by atoms with van der Waals surface area (Å²) in [6, 6.07) is 10.6. The minimum absolute atomic E-state index is 0. The van der Waals surface area contributed by atoms with Crippen molar-refractivity contribution in [2.45, 2.75) is 19.3 Å². The van der Waals surface area contributed by atoms with Crippen LogP contribution in [0, 0.1) is 5.92 Å². The third kappa shape index (κ3) is 7.38. The molecule has 1 atom stereocenters. The smallest absolute Gasteiger partial charge is 0.193 e. The van der Waals surface area contributed by atoms with Crippen molar-refractivity contribution in [1.29, 1.82) is 0 Å². The summed E-state index contributed by atoms with van der Waals surface area (Å²) in [6.07, 6.45) is 4.15. The zero-order chi connectivity index (χ0) is 16.7. The second-order valence-corrected chi connectivity index (χ2v) is 8.51. The molecule has 1 aliphatic heterocycles. The molecular formula is C17H28IN3O2S. The number of rotatable bonds is 6. The fourth-order valence-corrected chi connectivity index (χ4v) is 3.67. The van der Waals surface area contributed by atoms with E-state index in [0.717, 1.165) is 25.5 Å². The van der Waals surface area contributed by atoms with Gasteiger partial charge in [-0.05, 0) is 30.7 Å². The highest BCUT2D eigenvalue weighted by molar-refractivity contribution is 14.0. The van der Waals surface area contributed by atoms with Gasteiger partial charge in [0.2, 0.25) is 0 Å². The Labute approximate surface area is 162 Å². The van der Waals surface area contributed by atoms with Crippen molar-refractivity contribution in [2.24, 2.45) is 10.9 Å². The SMILES string of the molecule is CN=C(NCCCS(C)(=O)=O)N1CCC(Cc2ccccc2)C1.I. The molecule has 0 saturated carbocycles. The Balaban J connectivity index is 0.00000288. The first-order valence-corrected chi connectivity index (χ1v) is 10.2. The van der Waals surface area contributed by atoms with Crippen LogP contribution in [0.1, 0.15) is 18.4 Å². The average Bonchev–Trinajstić information content (AvgIpc) is 2.95. The van der Waals surface area contributed by atoms with Crippen molar-refractivity contribution in [1.82, 2.24) is 10.2 Å². The molecule has 0 bridgehead atoms. The molecule has 1 heterocycles. The van der Waals surface area contributed by atoms with E-state index in [2.05, 4.69) is 39.5 Å². The van der Waals surface area contributed by atoms with Gasteiger partial charge < -0.3 is 10.2 Å². The minimum Gasteiger partial charge on any atom is -0.356 e. The van der Waals surface area contributed by atoms with Gasteiger partial charge in [0.15, 0.2) is 5.96 Å². The topological polar surface area (TPSA) is 61.8 Å². The number of likely N-dealkylation sites (tertiary alicyclic amines) is 1. The van der Waals surface area contributed by atoms with Crippen molar-refractivity contribution >= 4 is 39.8 Å². The highest BCUT2D eigenvalue weighted by Gasteiger charge is 2.24. The fourth-order valence-electron chi connectivity index (χ4n) is 3.01. The van der Waals surface area contributed by atoms with Gasteiger partial charge in [-0.3, -0.25) is 4.99 Å². The van der Waals surface area contributed by atoms with Gasteiger partial charge in [0.05, 0.1) is 5.75 Å². The molecule has 0 amide bonds.